The highest BCUT2D eigenvalue weighted by Crippen LogP contribution is 2.32. The molecule has 0 radical (unpaired) electrons. The molecule has 0 bridgehead atoms. The molecule has 1 amide bonds. The number of nitrogens with zero attached hydrogens (tertiary/aromatic N) is 4. The van der Waals surface area contributed by atoms with Crippen LogP contribution in [0.25, 0.3) is 11.0 Å². The zero-order valence-electron chi connectivity index (χ0n) is 16.3. The van der Waals surface area contributed by atoms with Crippen molar-refractivity contribution in [3.8, 4) is 5.75 Å². The average Bonchev–Trinajstić information content (AvgIpc) is 3.45. The molecule has 2 aromatic rings. The number of fused-ring (bicyclic) bond motifs is 1. The van der Waals surface area contributed by atoms with Gasteiger partial charge in [-0.05, 0) is 50.8 Å². The van der Waals surface area contributed by atoms with Crippen molar-refractivity contribution in [1.82, 2.24) is 25.2 Å². The molecular formula is C20H29N5O2. The van der Waals surface area contributed by atoms with Crippen LogP contribution in [-0.4, -0.2) is 58.6 Å². The molecule has 1 atom stereocenters. The normalized spacial score (nSPS) is 21.2. The second-order valence-corrected chi connectivity index (χ2v) is 7.82. The van der Waals surface area contributed by atoms with Gasteiger partial charge in [-0.2, -0.15) is 0 Å². The molecule has 2 aliphatic rings. The molecule has 7 nitrogen and oxygen atoms in total. The quantitative estimate of drug-likeness (QED) is 0.844. The summed E-state index contributed by atoms with van der Waals surface area (Å²) in [6.07, 6.45) is 5.88. The summed E-state index contributed by atoms with van der Waals surface area (Å²) in [7, 11) is 1.61. The number of carbonyl (C=O) groups is 1. The topological polar surface area (TPSA) is 72.3 Å². The molecular weight excluding hydrogens is 342 g/mol. The first-order valence-electron chi connectivity index (χ1n) is 10.1. The second-order valence-electron chi connectivity index (χ2n) is 7.82. The maximum atomic E-state index is 13.0. The molecule has 1 N–H and O–H groups in total. The Kier molecular flexibility index (Phi) is 5.29. The van der Waals surface area contributed by atoms with Crippen molar-refractivity contribution in [2.45, 2.75) is 51.6 Å². The minimum absolute atomic E-state index is 0.0894. The lowest BCUT2D eigenvalue weighted by atomic mass is 10.1. The molecule has 1 saturated heterocycles. The first-order valence-corrected chi connectivity index (χ1v) is 10.1. The minimum Gasteiger partial charge on any atom is -0.496 e. The summed E-state index contributed by atoms with van der Waals surface area (Å²) in [4.78, 5) is 15.4. The molecule has 1 aliphatic carbocycles. The number of nitrogens with one attached hydrogen (secondary N) is 1. The zero-order chi connectivity index (χ0) is 18.8. The summed E-state index contributed by atoms with van der Waals surface area (Å²) in [5, 5.41) is 11.8. The number of hydrogen-bond donors (Lipinski definition) is 1. The van der Waals surface area contributed by atoms with Crippen LogP contribution < -0.4 is 10.1 Å². The van der Waals surface area contributed by atoms with E-state index in [1.165, 1.54) is 19.3 Å². The van der Waals surface area contributed by atoms with Gasteiger partial charge in [0.2, 0.25) is 0 Å². The number of likely N-dealkylation sites (tertiary alicyclic amines) is 1. The number of ether oxygens (including phenoxy) is 1. The highest BCUT2D eigenvalue weighted by molar-refractivity contribution is 6.00. The number of rotatable bonds is 6. The van der Waals surface area contributed by atoms with E-state index in [-0.39, 0.29) is 11.9 Å². The predicted molar refractivity (Wildman–Crippen MR) is 104 cm³/mol. The van der Waals surface area contributed by atoms with Gasteiger partial charge >= 0.3 is 0 Å². The van der Waals surface area contributed by atoms with E-state index in [2.05, 4.69) is 27.5 Å². The lowest BCUT2D eigenvalue weighted by molar-refractivity contribution is 0.0924. The highest BCUT2D eigenvalue weighted by atomic mass is 16.5. The summed E-state index contributed by atoms with van der Waals surface area (Å²) in [5.74, 6) is 1.20. The Morgan fingerprint density at radius 1 is 1.30 bits per heavy atom. The van der Waals surface area contributed by atoms with Gasteiger partial charge in [0, 0.05) is 25.2 Å². The van der Waals surface area contributed by atoms with E-state index in [9.17, 15) is 4.79 Å². The van der Waals surface area contributed by atoms with Gasteiger partial charge in [-0.25, -0.2) is 4.68 Å². The van der Waals surface area contributed by atoms with Gasteiger partial charge in [-0.1, -0.05) is 18.6 Å². The molecule has 4 rings (SSSR count). The fourth-order valence-electron chi connectivity index (χ4n) is 3.91. The largest absolute Gasteiger partial charge is 0.496 e. The summed E-state index contributed by atoms with van der Waals surface area (Å²) in [5.41, 5.74) is 2.22. The van der Waals surface area contributed by atoms with E-state index in [0.29, 0.717) is 17.2 Å². The number of methoxy groups -OCH3 is 1. The van der Waals surface area contributed by atoms with Gasteiger partial charge in [0.1, 0.15) is 11.3 Å². The van der Waals surface area contributed by atoms with Crippen molar-refractivity contribution >= 4 is 16.9 Å². The Morgan fingerprint density at radius 3 is 2.89 bits per heavy atom. The minimum atomic E-state index is -0.0894. The van der Waals surface area contributed by atoms with E-state index in [4.69, 9.17) is 4.74 Å². The van der Waals surface area contributed by atoms with Crippen LogP contribution in [-0.2, 0) is 6.54 Å². The summed E-state index contributed by atoms with van der Waals surface area (Å²) in [6.45, 7) is 6.10. The monoisotopic (exact) mass is 371 g/mol. The molecule has 0 spiro atoms. The molecule has 2 heterocycles. The van der Waals surface area contributed by atoms with Crippen molar-refractivity contribution in [2.24, 2.45) is 5.92 Å². The van der Waals surface area contributed by atoms with Crippen molar-refractivity contribution < 1.29 is 9.53 Å². The lowest BCUT2D eigenvalue weighted by Crippen LogP contribution is -2.42. The van der Waals surface area contributed by atoms with Gasteiger partial charge in [0.15, 0.2) is 0 Å². The molecule has 27 heavy (non-hydrogen) atoms. The van der Waals surface area contributed by atoms with Crippen LogP contribution in [0.3, 0.4) is 0 Å². The number of aromatic nitrogens is 3. The maximum absolute atomic E-state index is 13.0. The lowest BCUT2D eigenvalue weighted by Gasteiger charge is -2.23. The molecule has 1 saturated carbocycles. The molecule has 146 valence electrons. The number of benzene rings is 1. The van der Waals surface area contributed by atoms with E-state index in [1.54, 1.807) is 7.11 Å². The van der Waals surface area contributed by atoms with E-state index >= 15 is 0 Å². The zero-order valence-corrected chi connectivity index (χ0v) is 16.3. The number of amides is 1. The first-order chi connectivity index (χ1) is 13.2. The molecule has 0 unspecified atom stereocenters. The molecule has 7 heteroatoms. The summed E-state index contributed by atoms with van der Waals surface area (Å²) in [6, 6.07) is 3.89. The molecule has 2 fully saturated rings. The SMILES string of the molecule is CCN1CCCC[C@@H](NC(=O)c2cc3nnn(CC4CC4)c3cc2OC)C1. The third-order valence-corrected chi connectivity index (χ3v) is 5.75. The number of likely N-dealkylation sites (N-methyl/N-ethyl adjacent to an activating group) is 1. The van der Waals surface area contributed by atoms with Crippen LogP contribution in [0.15, 0.2) is 12.1 Å². The van der Waals surface area contributed by atoms with Crippen molar-refractivity contribution in [3.05, 3.63) is 17.7 Å². The van der Waals surface area contributed by atoms with Gasteiger partial charge in [-0.15, -0.1) is 5.10 Å². The summed E-state index contributed by atoms with van der Waals surface area (Å²) >= 11 is 0. The third kappa shape index (κ3) is 4.08. The van der Waals surface area contributed by atoms with Crippen LogP contribution in [0, 0.1) is 5.92 Å². The van der Waals surface area contributed by atoms with Gasteiger partial charge in [-0.3, -0.25) is 4.79 Å². The smallest absolute Gasteiger partial charge is 0.255 e. The Morgan fingerprint density at radius 2 is 2.15 bits per heavy atom. The first kappa shape index (κ1) is 18.2. The van der Waals surface area contributed by atoms with E-state index < -0.39 is 0 Å². The number of hydrogen-bond acceptors (Lipinski definition) is 5. The van der Waals surface area contributed by atoms with Gasteiger partial charge in [0.25, 0.3) is 5.91 Å². The van der Waals surface area contributed by atoms with Crippen molar-refractivity contribution in [3.63, 3.8) is 0 Å². The van der Waals surface area contributed by atoms with Crippen LogP contribution in [0.2, 0.25) is 0 Å². The fraction of sp³-hybridized carbons (Fsp3) is 0.650. The second kappa shape index (κ2) is 7.84. The van der Waals surface area contributed by atoms with Crippen LogP contribution >= 0.6 is 0 Å². The molecule has 1 aliphatic heterocycles. The van der Waals surface area contributed by atoms with Crippen molar-refractivity contribution in [2.75, 3.05) is 26.7 Å². The van der Waals surface area contributed by atoms with E-state index in [1.807, 2.05) is 16.8 Å². The Hall–Kier alpha value is -2.15. The van der Waals surface area contributed by atoms with Gasteiger partial charge in [0.05, 0.1) is 18.2 Å². The Labute approximate surface area is 160 Å². The van der Waals surface area contributed by atoms with Crippen LogP contribution in [0.4, 0.5) is 0 Å². The average molecular weight is 371 g/mol. The Bertz CT molecular complexity index is 814. The van der Waals surface area contributed by atoms with E-state index in [0.717, 1.165) is 50.1 Å². The fourth-order valence-corrected chi connectivity index (χ4v) is 3.91. The molecule has 1 aromatic carbocycles. The van der Waals surface area contributed by atoms with Gasteiger partial charge < -0.3 is 15.0 Å². The highest BCUT2D eigenvalue weighted by Gasteiger charge is 2.25. The van der Waals surface area contributed by atoms with Crippen LogP contribution in [0.1, 0.15) is 49.4 Å². The third-order valence-electron chi connectivity index (χ3n) is 5.75. The predicted octanol–water partition coefficient (Wildman–Crippen LogP) is 2.45. The van der Waals surface area contributed by atoms with Crippen LogP contribution in [0.5, 0.6) is 5.75 Å². The maximum Gasteiger partial charge on any atom is 0.255 e. The summed E-state index contributed by atoms with van der Waals surface area (Å²) < 4.78 is 7.47. The van der Waals surface area contributed by atoms with Crippen molar-refractivity contribution in [1.29, 1.82) is 0 Å². The Balaban J connectivity index is 1.55. The number of carbonyl (C=O) groups excluding carboxylic acids is 1. The molecule has 1 aromatic heterocycles. The standard InChI is InChI=1S/C20H29N5O2/c1-3-24-9-5-4-6-15(13-24)21-20(26)16-10-17-18(11-19(16)27-2)25(23-22-17)12-14-7-8-14/h10-11,14-15H,3-9,12-13H2,1-2H3,(H,21,26)/t15-/m1/s1.